The van der Waals surface area contributed by atoms with Gasteiger partial charge in [-0.1, -0.05) is 17.7 Å². The van der Waals surface area contributed by atoms with E-state index < -0.39 is 0 Å². The monoisotopic (exact) mass is 470 g/mol. The van der Waals surface area contributed by atoms with Gasteiger partial charge in [-0.3, -0.25) is 19.3 Å². The lowest BCUT2D eigenvalue weighted by Crippen LogP contribution is -2.38. The zero-order valence-electron chi connectivity index (χ0n) is 19.6. The summed E-state index contributed by atoms with van der Waals surface area (Å²) in [6, 6.07) is 7.13. The molecule has 4 rings (SSSR count). The van der Waals surface area contributed by atoms with E-state index >= 15 is 0 Å². The van der Waals surface area contributed by atoms with E-state index in [1.165, 1.54) is 6.07 Å². The molecule has 3 atom stereocenters. The van der Waals surface area contributed by atoms with E-state index in [1.54, 1.807) is 13.0 Å². The zero-order chi connectivity index (χ0) is 23.9. The number of aryl methyl sites for hydroxylation is 3. The molecule has 2 aromatic rings. The smallest absolute Gasteiger partial charge is 0.255 e. The minimum atomic E-state index is -0.181. The van der Waals surface area contributed by atoms with Crippen molar-refractivity contribution in [1.82, 2.24) is 14.8 Å². The summed E-state index contributed by atoms with van der Waals surface area (Å²) >= 11 is 6.16. The number of H-pyrrole nitrogens is 1. The average molecular weight is 471 g/mol. The molecule has 7 nitrogen and oxygen atoms in total. The fourth-order valence-electron chi connectivity index (χ4n) is 5.17. The molecule has 0 bridgehead atoms. The number of amides is 2. The molecular weight excluding hydrogens is 440 g/mol. The van der Waals surface area contributed by atoms with E-state index in [-0.39, 0.29) is 23.4 Å². The van der Waals surface area contributed by atoms with Crippen LogP contribution in [0.1, 0.15) is 40.5 Å². The molecule has 0 aliphatic carbocycles. The Bertz CT molecular complexity index is 1100. The number of rotatable bonds is 5. The van der Waals surface area contributed by atoms with E-state index in [0.29, 0.717) is 53.3 Å². The Kier molecular flexibility index (Phi) is 6.64. The molecule has 2 aliphatic rings. The number of benzene rings is 1. The highest BCUT2D eigenvalue weighted by molar-refractivity contribution is 6.31. The van der Waals surface area contributed by atoms with E-state index in [4.69, 9.17) is 11.6 Å². The quantitative estimate of drug-likeness (QED) is 0.701. The lowest BCUT2D eigenvalue weighted by molar-refractivity contribution is -0.117. The summed E-state index contributed by atoms with van der Waals surface area (Å²) in [7, 11) is 0. The molecule has 176 valence electrons. The van der Waals surface area contributed by atoms with Crippen molar-refractivity contribution in [3.63, 3.8) is 0 Å². The second-order valence-corrected chi connectivity index (χ2v) is 9.97. The van der Waals surface area contributed by atoms with Crippen LogP contribution in [0.2, 0.25) is 5.02 Å². The molecule has 0 saturated carbocycles. The minimum absolute atomic E-state index is 0.00798. The average Bonchev–Trinajstić information content (AvgIpc) is 3.29. The largest absolute Gasteiger partial charge is 0.338 e. The maximum absolute atomic E-state index is 13.1. The number of nitrogens with zero attached hydrogens (tertiary/aromatic N) is 2. The van der Waals surface area contributed by atoms with Gasteiger partial charge in [0.25, 0.3) is 5.91 Å². The Morgan fingerprint density at radius 2 is 1.76 bits per heavy atom. The highest BCUT2D eigenvalue weighted by Gasteiger charge is 2.43. The molecule has 0 spiro atoms. The van der Waals surface area contributed by atoms with Crippen molar-refractivity contribution in [2.24, 2.45) is 11.8 Å². The van der Waals surface area contributed by atoms with Gasteiger partial charge in [0.1, 0.15) is 0 Å². The number of likely N-dealkylation sites (tertiary alicyclic amines) is 2. The van der Waals surface area contributed by atoms with Crippen LogP contribution in [0.15, 0.2) is 29.1 Å². The Morgan fingerprint density at radius 3 is 2.36 bits per heavy atom. The first-order valence-corrected chi connectivity index (χ1v) is 11.8. The second-order valence-electron chi connectivity index (χ2n) is 9.57. The van der Waals surface area contributed by atoms with Gasteiger partial charge in [-0.05, 0) is 62.8 Å². The van der Waals surface area contributed by atoms with Crippen molar-refractivity contribution in [2.45, 2.75) is 40.2 Å². The van der Waals surface area contributed by atoms with Crippen molar-refractivity contribution in [3.8, 4) is 0 Å². The number of aromatic nitrogens is 1. The van der Waals surface area contributed by atoms with Crippen LogP contribution in [-0.4, -0.2) is 58.8 Å². The third-order valence-electron chi connectivity index (χ3n) is 7.00. The van der Waals surface area contributed by atoms with Gasteiger partial charge < -0.3 is 15.2 Å². The molecule has 2 saturated heterocycles. The third-order valence-corrected chi connectivity index (χ3v) is 7.41. The van der Waals surface area contributed by atoms with Crippen molar-refractivity contribution in [3.05, 3.63) is 62.0 Å². The Balaban J connectivity index is 1.32. The standard InChI is InChI=1S/C25H31ClN4O3/c1-14-5-6-20(9-21(14)26)28-23(32)8-16(3)29-10-18-12-30(13-19(18)11-29)25(33)24-15(2)7-22(31)27-17(24)4/h5-7,9,16,18-19H,8,10-13H2,1-4H3,(H,27,31)(H,28,32). The zero-order valence-corrected chi connectivity index (χ0v) is 20.3. The molecular formula is C25H31ClN4O3. The van der Waals surface area contributed by atoms with Crippen LogP contribution < -0.4 is 10.9 Å². The fourth-order valence-corrected chi connectivity index (χ4v) is 5.35. The SMILES string of the molecule is Cc1ccc(NC(=O)CC(C)N2CC3CN(C(=O)c4c(C)cc(=O)[nH]c4C)CC3C2)cc1Cl. The number of hydrogen-bond acceptors (Lipinski definition) is 4. The van der Waals surface area contributed by atoms with Crippen molar-refractivity contribution in [2.75, 3.05) is 31.5 Å². The summed E-state index contributed by atoms with van der Waals surface area (Å²) in [5, 5.41) is 3.58. The first-order chi connectivity index (χ1) is 15.6. The molecule has 2 aliphatic heterocycles. The summed E-state index contributed by atoms with van der Waals surface area (Å²) in [5.41, 5.74) is 3.45. The number of hydrogen-bond donors (Lipinski definition) is 2. The predicted octanol–water partition coefficient (Wildman–Crippen LogP) is 3.37. The number of aromatic amines is 1. The van der Waals surface area contributed by atoms with Crippen LogP contribution >= 0.6 is 11.6 Å². The van der Waals surface area contributed by atoms with Gasteiger partial charge in [0, 0.05) is 61.1 Å². The van der Waals surface area contributed by atoms with Gasteiger partial charge in [-0.25, -0.2) is 0 Å². The van der Waals surface area contributed by atoms with Crippen LogP contribution in [0.25, 0.3) is 0 Å². The molecule has 3 unspecified atom stereocenters. The van der Waals surface area contributed by atoms with Gasteiger partial charge in [-0.2, -0.15) is 0 Å². The van der Waals surface area contributed by atoms with Gasteiger partial charge in [0.2, 0.25) is 11.5 Å². The topological polar surface area (TPSA) is 85.5 Å². The number of nitrogens with one attached hydrogen (secondary N) is 2. The Hall–Kier alpha value is -2.64. The molecule has 2 fully saturated rings. The number of anilines is 1. The van der Waals surface area contributed by atoms with Crippen LogP contribution in [-0.2, 0) is 4.79 Å². The number of fused-ring (bicyclic) bond motifs is 1. The number of carbonyl (C=O) groups is 2. The highest BCUT2D eigenvalue weighted by atomic mass is 35.5. The summed E-state index contributed by atoms with van der Waals surface area (Å²) in [6.07, 6.45) is 0.406. The summed E-state index contributed by atoms with van der Waals surface area (Å²) in [4.78, 5) is 44.4. The van der Waals surface area contributed by atoms with Crippen molar-refractivity contribution in [1.29, 1.82) is 0 Å². The molecule has 2 amide bonds. The van der Waals surface area contributed by atoms with Crippen molar-refractivity contribution < 1.29 is 9.59 Å². The number of pyridine rings is 1. The van der Waals surface area contributed by atoms with E-state index in [9.17, 15) is 14.4 Å². The van der Waals surface area contributed by atoms with Crippen LogP contribution in [0.5, 0.6) is 0 Å². The second kappa shape index (κ2) is 9.31. The van der Waals surface area contributed by atoms with Crippen LogP contribution in [0.4, 0.5) is 5.69 Å². The Morgan fingerprint density at radius 1 is 1.09 bits per heavy atom. The number of carbonyl (C=O) groups excluding carboxylic acids is 2. The third kappa shape index (κ3) is 4.99. The molecule has 8 heteroatoms. The maximum atomic E-state index is 13.1. The molecule has 3 heterocycles. The van der Waals surface area contributed by atoms with E-state index in [0.717, 1.165) is 24.2 Å². The van der Waals surface area contributed by atoms with E-state index in [2.05, 4.69) is 22.1 Å². The van der Waals surface area contributed by atoms with Gasteiger partial charge >= 0.3 is 0 Å². The normalized spacial score (nSPS) is 21.2. The lowest BCUT2D eigenvalue weighted by Gasteiger charge is -2.27. The summed E-state index contributed by atoms with van der Waals surface area (Å²) < 4.78 is 0. The first kappa shape index (κ1) is 23.5. The van der Waals surface area contributed by atoms with Crippen molar-refractivity contribution >= 4 is 29.1 Å². The van der Waals surface area contributed by atoms with Crippen LogP contribution in [0.3, 0.4) is 0 Å². The minimum Gasteiger partial charge on any atom is -0.338 e. The Labute approximate surface area is 199 Å². The van der Waals surface area contributed by atoms with E-state index in [1.807, 2.05) is 30.9 Å². The molecule has 1 aromatic heterocycles. The molecule has 2 N–H and O–H groups in total. The summed E-state index contributed by atoms with van der Waals surface area (Å²) in [5.74, 6) is 0.768. The maximum Gasteiger partial charge on any atom is 0.255 e. The molecule has 0 radical (unpaired) electrons. The molecule has 33 heavy (non-hydrogen) atoms. The van der Waals surface area contributed by atoms with Crippen LogP contribution in [0, 0.1) is 32.6 Å². The van der Waals surface area contributed by atoms with Gasteiger partial charge in [0.15, 0.2) is 0 Å². The lowest BCUT2D eigenvalue weighted by atomic mass is 10.0. The van der Waals surface area contributed by atoms with Gasteiger partial charge in [-0.15, -0.1) is 0 Å². The summed E-state index contributed by atoms with van der Waals surface area (Å²) in [6.45, 7) is 10.8. The number of halogens is 1. The predicted molar refractivity (Wildman–Crippen MR) is 130 cm³/mol. The highest BCUT2D eigenvalue weighted by Crippen LogP contribution is 2.34. The fraction of sp³-hybridized carbons (Fsp3) is 0.480. The first-order valence-electron chi connectivity index (χ1n) is 11.4. The van der Waals surface area contributed by atoms with Gasteiger partial charge in [0.05, 0.1) is 5.56 Å². The molecule has 1 aromatic carbocycles.